The monoisotopic (exact) mass is 302 g/mol. The lowest BCUT2D eigenvalue weighted by Gasteiger charge is -2.10. The largest absolute Gasteiger partial charge is 0.491 e. The van der Waals surface area contributed by atoms with Gasteiger partial charge in [-0.25, -0.2) is 0 Å². The summed E-state index contributed by atoms with van der Waals surface area (Å²) in [4.78, 5) is 10.9. The first-order valence-electron chi connectivity index (χ1n) is 6.76. The van der Waals surface area contributed by atoms with Crippen molar-refractivity contribution >= 4 is 29.5 Å². The smallest absolute Gasteiger partial charge is 0.153 e. The van der Waals surface area contributed by atoms with E-state index in [0.717, 1.165) is 12.8 Å². The van der Waals surface area contributed by atoms with Crippen LogP contribution in [0, 0.1) is 0 Å². The first kappa shape index (κ1) is 16.3. The highest BCUT2D eigenvalue weighted by Gasteiger charge is 2.09. The topological polar surface area (TPSA) is 26.3 Å². The molecule has 0 unspecified atom stereocenters. The highest BCUT2D eigenvalue weighted by atomic mass is 35.5. The Morgan fingerprint density at radius 3 is 2.47 bits per heavy atom. The molecule has 0 aliphatic heterocycles. The first-order valence-corrected chi connectivity index (χ1v) is 7.51. The Hall–Kier alpha value is -0.730. The fraction of sp³-hybridized carbons (Fsp3) is 0.533. The van der Waals surface area contributed by atoms with Crippen LogP contribution in [0.1, 0.15) is 55.8 Å². The molecular formula is C15H20Cl2O2. The van der Waals surface area contributed by atoms with Gasteiger partial charge in [0.05, 0.1) is 17.2 Å². The number of hydrogen-bond acceptors (Lipinski definition) is 2. The molecule has 0 atom stereocenters. The highest BCUT2D eigenvalue weighted by Crippen LogP contribution is 2.31. The number of rotatable bonds is 9. The molecule has 0 heterocycles. The van der Waals surface area contributed by atoms with E-state index in [-0.39, 0.29) is 0 Å². The Kier molecular flexibility index (Phi) is 7.92. The Bertz CT molecular complexity index is 405. The number of aldehydes is 1. The van der Waals surface area contributed by atoms with E-state index in [9.17, 15) is 4.79 Å². The molecule has 2 nitrogen and oxygen atoms in total. The molecular weight excluding hydrogens is 283 g/mol. The van der Waals surface area contributed by atoms with Gasteiger partial charge < -0.3 is 4.74 Å². The van der Waals surface area contributed by atoms with E-state index < -0.39 is 0 Å². The molecule has 0 saturated heterocycles. The predicted molar refractivity (Wildman–Crippen MR) is 80.7 cm³/mol. The van der Waals surface area contributed by atoms with Crippen molar-refractivity contribution < 1.29 is 9.53 Å². The maximum Gasteiger partial charge on any atom is 0.153 e. The van der Waals surface area contributed by atoms with Crippen molar-refractivity contribution in [3.63, 3.8) is 0 Å². The minimum atomic E-state index is 0.389. The van der Waals surface area contributed by atoms with E-state index >= 15 is 0 Å². The van der Waals surface area contributed by atoms with Gasteiger partial charge in [-0.1, -0.05) is 62.2 Å². The molecule has 1 rings (SSSR count). The van der Waals surface area contributed by atoms with Crippen LogP contribution in [-0.4, -0.2) is 12.9 Å². The SMILES string of the molecule is CCCCCCCCOc1c(Cl)cc(Cl)cc1C=O. The maximum absolute atomic E-state index is 10.9. The molecule has 0 amide bonds. The summed E-state index contributed by atoms with van der Waals surface area (Å²) in [5, 5.41) is 0.833. The van der Waals surface area contributed by atoms with Gasteiger partial charge in [0.25, 0.3) is 0 Å². The minimum Gasteiger partial charge on any atom is -0.491 e. The van der Waals surface area contributed by atoms with Crippen LogP contribution in [0.25, 0.3) is 0 Å². The zero-order valence-electron chi connectivity index (χ0n) is 11.3. The average Bonchev–Trinajstić information content (AvgIpc) is 2.39. The van der Waals surface area contributed by atoms with Crippen LogP contribution in [-0.2, 0) is 0 Å². The number of unbranched alkanes of at least 4 members (excludes halogenated alkanes) is 5. The van der Waals surface area contributed by atoms with Gasteiger partial charge in [-0.05, 0) is 18.6 Å². The number of hydrogen-bond donors (Lipinski definition) is 0. The van der Waals surface area contributed by atoms with E-state index in [1.165, 1.54) is 25.7 Å². The van der Waals surface area contributed by atoms with Crippen LogP contribution in [0.3, 0.4) is 0 Å². The molecule has 0 aliphatic carbocycles. The highest BCUT2D eigenvalue weighted by molar-refractivity contribution is 6.36. The standard InChI is InChI=1S/C15H20Cl2O2/c1-2-3-4-5-6-7-8-19-15-12(11-18)9-13(16)10-14(15)17/h9-11H,2-8H2,1H3. The second-order valence-electron chi connectivity index (χ2n) is 4.54. The van der Waals surface area contributed by atoms with Crippen LogP contribution in [0.4, 0.5) is 0 Å². The maximum atomic E-state index is 10.9. The van der Waals surface area contributed by atoms with Gasteiger partial charge in [0.15, 0.2) is 6.29 Å². The normalized spacial score (nSPS) is 10.5. The Morgan fingerprint density at radius 2 is 1.79 bits per heavy atom. The fourth-order valence-corrected chi connectivity index (χ4v) is 2.44. The van der Waals surface area contributed by atoms with Crippen molar-refractivity contribution in [3.05, 3.63) is 27.7 Å². The molecule has 0 aliphatic rings. The number of halogens is 2. The lowest BCUT2D eigenvalue weighted by atomic mass is 10.1. The third-order valence-electron chi connectivity index (χ3n) is 2.91. The molecule has 0 spiro atoms. The van der Waals surface area contributed by atoms with Crippen LogP contribution in [0.15, 0.2) is 12.1 Å². The molecule has 0 fully saturated rings. The van der Waals surface area contributed by atoms with E-state index in [2.05, 4.69) is 6.92 Å². The van der Waals surface area contributed by atoms with Gasteiger partial charge in [-0.3, -0.25) is 4.79 Å². The van der Waals surface area contributed by atoms with Gasteiger partial charge in [-0.2, -0.15) is 0 Å². The quantitative estimate of drug-likeness (QED) is 0.442. The summed E-state index contributed by atoms with van der Waals surface area (Å²) < 4.78 is 5.60. The van der Waals surface area contributed by atoms with Gasteiger partial charge in [0.2, 0.25) is 0 Å². The Labute approximate surface area is 125 Å². The van der Waals surface area contributed by atoms with E-state index in [0.29, 0.717) is 34.3 Å². The molecule has 0 N–H and O–H groups in total. The van der Waals surface area contributed by atoms with E-state index in [1.807, 2.05) is 0 Å². The van der Waals surface area contributed by atoms with Crippen molar-refractivity contribution in [2.75, 3.05) is 6.61 Å². The molecule has 1 aromatic rings. The zero-order valence-corrected chi connectivity index (χ0v) is 12.8. The minimum absolute atomic E-state index is 0.389. The molecule has 0 bridgehead atoms. The fourth-order valence-electron chi connectivity index (χ4n) is 1.88. The summed E-state index contributed by atoms with van der Waals surface area (Å²) in [7, 11) is 0. The third-order valence-corrected chi connectivity index (χ3v) is 3.41. The Morgan fingerprint density at radius 1 is 1.11 bits per heavy atom. The van der Waals surface area contributed by atoms with Crippen LogP contribution in [0.2, 0.25) is 10.0 Å². The van der Waals surface area contributed by atoms with E-state index in [1.54, 1.807) is 12.1 Å². The molecule has 0 radical (unpaired) electrons. The molecule has 4 heteroatoms. The number of ether oxygens (including phenoxy) is 1. The predicted octanol–water partition coefficient (Wildman–Crippen LogP) is 5.55. The molecule has 1 aromatic carbocycles. The van der Waals surface area contributed by atoms with Gasteiger partial charge in [0.1, 0.15) is 5.75 Å². The van der Waals surface area contributed by atoms with Crippen molar-refractivity contribution in [1.82, 2.24) is 0 Å². The van der Waals surface area contributed by atoms with Crippen molar-refractivity contribution in [3.8, 4) is 5.75 Å². The van der Waals surface area contributed by atoms with Crippen LogP contribution >= 0.6 is 23.2 Å². The molecule has 0 aromatic heterocycles. The van der Waals surface area contributed by atoms with Gasteiger partial charge in [-0.15, -0.1) is 0 Å². The molecule has 19 heavy (non-hydrogen) atoms. The van der Waals surface area contributed by atoms with Crippen LogP contribution < -0.4 is 4.74 Å². The third kappa shape index (κ3) is 5.84. The summed E-state index contributed by atoms with van der Waals surface area (Å²) >= 11 is 11.9. The molecule has 106 valence electrons. The number of carbonyl (C=O) groups is 1. The van der Waals surface area contributed by atoms with Crippen molar-refractivity contribution in [1.29, 1.82) is 0 Å². The lowest BCUT2D eigenvalue weighted by Crippen LogP contribution is -2.01. The first-order chi connectivity index (χ1) is 9.19. The lowest BCUT2D eigenvalue weighted by molar-refractivity contribution is 0.111. The summed E-state index contributed by atoms with van der Waals surface area (Å²) in [6.07, 6.45) is 7.87. The summed E-state index contributed by atoms with van der Waals surface area (Å²) in [6.45, 7) is 2.78. The number of carbonyl (C=O) groups excluding carboxylic acids is 1. The number of benzene rings is 1. The summed E-state index contributed by atoms with van der Waals surface area (Å²) in [5.41, 5.74) is 0.406. The van der Waals surface area contributed by atoms with Crippen molar-refractivity contribution in [2.45, 2.75) is 45.4 Å². The second-order valence-corrected chi connectivity index (χ2v) is 5.38. The summed E-state index contributed by atoms with van der Waals surface area (Å²) in [6, 6.07) is 3.16. The van der Waals surface area contributed by atoms with Gasteiger partial charge >= 0.3 is 0 Å². The second kappa shape index (κ2) is 9.22. The Balaban J connectivity index is 2.39. The average molecular weight is 303 g/mol. The van der Waals surface area contributed by atoms with Crippen molar-refractivity contribution in [2.24, 2.45) is 0 Å². The van der Waals surface area contributed by atoms with Crippen LogP contribution in [0.5, 0.6) is 5.75 Å². The zero-order chi connectivity index (χ0) is 14.1. The van der Waals surface area contributed by atoms with E-state index in [4.69, 9.17) is 27.9 Å². The summed E-state index contributed by atoms with van der Waals surface area (Å²) in [5.74, 6) is 0.439. The molecule has 0 saturated carbocycles. The van der Waals surface area contributed by atoms with Gasteiger partial charge in [0, 0.05) is 5.02 Å².